The maximum absolute atomic E-state index is 2.16. The van der Waals surface area contributed by atoms with Crippen molar-refractivity contribution in [2.75, 3.05) is 5.75 Å². The first-order valence-electron chi connectivity index (χ1n) is 1.43. The van der Waals surface area contributed by atoms with Crippen molar-refractivity contribution in [3.8, 4) is 0 Å². The molecule has 0 bridgehead atoms. The van der Waals surface area contributed by atoms with Crippen LogP contribution in [0.4, 0.5) is 0 Å². The molecule has 0 aromatic carbocycles. The molecule has 0 spiro atoms. The van der Waals surface area contributed by atoms with Gasteiger partial charge in [-0.25, -0.2) is 0 Å². The van der Waals surface area contributed by atoms with E-state index >= 15 is 0 Å². The molecule has 0 aromatic rings. The first-order chi connectivity index (χ1) is 2.50. The van der Waals surface area contributed by atoms with Crippen LogP contribution in [0.15, 0.2) is 11.5 Å². The summed E-state index contributed by atoms with van der Waals surface area (Å²) in [7, 11) is 3.69. The molecule has 1 heterocycles. The fourth-order valence-corrected chi connectivity index (χ4v) is 1.77. The van der Waals surface area contributed by atoms with Crippen molar-refractivity contribution in [2.24, 2.45) is 0 Å². The van der Waals surface area contributed by atoms with E-state index in [-0.39, 0.29) is 26.2 Å². The fourth-order valence-electron chi connectivity index (χ4n) is 0.196. The smallest absolute Gasteiger partial charge is 0.0229 e. The second-order valence-corrected chi connectivity index (χ2v) is 3.07. The van der Waals surface area contributed by atoms with E-state index in [1.807, 2.05) is 21.6 Å². The number of hydrogen-bond donors (Lipinski definition) is 0. The van der Waals surface area contributed by atoms with Gasteiger partial charge in [0.15, 0.2) is 0 Å². The molecule has 0 saturated heterocycles. The Hall–Kier alpha value is 1.32. The number of rotatable bonds is 0. The van der Waals surface area contributed by atoms with Gasteiger partial charge in [0.25, 0.3) is 0 Å². The Balaban J connectivity index is 0.000000250. The van der Waals surface area contributed by atoms with Crippen molar-refractivity contribution in [3.05, 3.63) is 11.5 Å². The maximum Gasteiger partial charge on any atom is 0.0229 e. The van der Waals surface area contributed by atoms with Crippen LogP contribution >= 0.6 is 21.6 Å². The second-order valence-electron chi connectivity index (χ2n) is 0.753. The van der Waals surface area contributed by atoms with Gasteiger partial charge in [0.1, 0.15) is 0 Å². The average molecular weight is 313 g/mol. The average Bonchev–Trinajstić information content (AvgIpc) is 1.76. The number of hydrogen-bond acceptors (Lipinski definition) is 2. The van der Waals surface area contributed by atoms with E-state index in [9.17, 15) is 0 Å². The molecule has 0 N–H and O–H groups in total. The molecule has 1 aliphatic heterocycles. The second kappa shape index (κ2) is 4.48. The van der Waals surface area contributed by atoms with E-state index < -0.39 is 0 Å². The van der Waals surface area contributed by atoms with E-state index in [4.69, 9.17) is 0 Å². The van der Waals surface area contributed by atoms with E-state index in [1.165, 1.54) is 5.75 Å². The van der Waals surface area contributed by atoms with Gasteiger partial charge in [-0.1, -0.05) is 27.7 Å². The van der Waals surface area contributed by atoms with Crippen molar-refractivity contribution in [2.45, 2.75) is 0 Å². The van der Waals surface area contributed by atoms with Crippen LogP contribution < -0.4 is 0 Å². The minimum absolute atomic E-state index is 0. The van der Waals surface area contributed by atoms with Crippen molar-refractivity contribution in [3.63, 3.8) is 0 Å². The monoisotopic (exact) mass is 313 g/mol. The van der Waals surface area contributed by atoms with Gasteiger partial charge in [0.05, 0.1) is 0 Å². The minimum atomic E-state index is 0. The normalized spacial score (nSPS) is 17.3. The summed E-state index contributed by atoms with van der Waals surface area (Å²) in [4.78, 5) is 0. The predicted octanol–water partition coefficient (Wildman–Crippen LogP) is 1.51. The third-order valence-corrected chi connectivity index (χ3v) is 2.30. The Morgan fingerprint density at radius 1 is 1.50 bits per heavy atom. The summed E-state index contributed by atoms with van der Waals surface area (Å²) in [6, 6.07) is 0. The first kappa shape index (κ1) is 7.32. The third kappa shape index (κ3) is 2.49. The molecule has 0 saturated carbocycles. The molecule has 33 valence electrons. The molecule has 0 aliphatic carbocycles. The predicted molar refractivity (Wildman–Crippen MR) is 34.9 cm³/mol. The summed E-state index contributed by atoms with van der Waals surface area (Å²) in [5.41, 5.74) is 0. The van der Waals surface area contributed by atoms with Crippen LogP contribution in [0.1, 0.15) is 0 Å². The molecule has 1 aliphatic rings. The molecule has 0 aromatic heterocycles. The first-order valence-corrected chi connectivity index (χ1v) is 3.81. The zero-order valence-electron chi connectivity index (χ0n) is 3.13. The van der Waals surface area contributed by atoms with Gasteiger partial charge in [-0.2, -0.15) is 0 Å². The quantitative estimate of drug-likeness (QED) is 0.491. The summed E-state index contributed by atoms with van der Waals surface area (Å²) in [5, 5.41) is 2.12. The molecule has 0 atom stereocenters. The molecule has 0 nitrogen and oxygen atoms in total. The Morgan fingerprint density at radius 2 is 2.33 bits per heavy atom. The Morgan fingerprint density at radius 3 is 2.50 bits per heavy atom. The topological polar surface area (TPSA) is 0 Å². The van der Waals surface area contributed by atoms with Gasteiger partial charge >= 0.3 is 0 Å². The zero-order chi connectivity index (χ0) is 3.54. The summed E-state index contributed by atoms with van der Waals surface area (Å²) in [6.07, 6.45) is 2.16. The van der Waals surface area contributed by atoms with Crippen LogP contribution in [0.5, 0.6) is 0 Å². The van der Waals surface area contributed by atoms with E-state index in [1.54, 1.807) is 0 Å². The minimum Gasteiger partial charge on any atom is -0.0854 e. The van der Waals surface area contributed by atoms with Crippen LogP contribution in [0.25, 0.3) is 0 Å². The van der Waals surface area contributed by atoms with Crippen molar-refractivity contribution in [1.82, 2.24) is 0 Å². The van der Waals surface area contributed by atoms with Crippen LogP contribution in [0, 0.1) is 0 Å². The summed E-state index contributed by atoms with van der Waals surface area (Å²) < 4.78 is 0. The standard InChI is InChI=1S/C3H4S2.Bi/c1-2-4-5-3-1;/h1-2H,3H2;. The van der Waals surface area contributed by atoms with Gasteiger partial charge in [0.2, 0.25) is 0 Å². The SMILES string of the molecule is C1=CSSC1.[Bi]. The molecule has 3 heteroatoms. The van der Waals surface area contributed by atoms with E-state index in [0.717, 1.165) is 0 Å². The third-order valence-electron chi connectivity index (χ3n) is 0.384. The molecule has 3 radical (unpaired) electrons. The molecule has 0 unspecified atom stereocenters. The largest absolute Gasteiger partial charge is 0.0854 e. The molecule has 6 heavy (non-hydrogen) atoms. The van der Waals surface area contributed by atoms with Crippen molar-refractivity contribution < 1.29 is 0 Å². The Labute approximate surface area is 64.7 Å². The molecule has 0 amide bonds. The Bertz CT molecular complexity index is 46.8. The maximum atomic E-state index is 2.16. The molecule has 0 fully saturated rings. The van der Waals surface area contributed by atoms with E-state index in [0.29, 0.717) is 0 Å². The van der Waals surface area contributed by atoms with Gasteiger partial charge in [-0.15, -0.1) is 0 Å². The summed E-state index contributed by atoms with van der Waals surface area (Å²) in [5.74, 6) is 1.20. The van der Waals surface area contributed by atoms with Crippen LogP contribution in [0.2, 0.25) is 0 Å². The molecular formula is C3H4BiS2. The van der Waals surface area contributed by atoms with Crippen LogP contribution in [0.3, 0.4) is 0 Å². The summed E-state index contributed by atoms with van der Waals surface area (Å²) in [6.45, 7) is 0. The fraction of sp³-hybridized carbons (Fsp3) is 0.333. The van der Waals surface area contributed by atoms with Gasteiger partial charge in [0, 0.05) is 32.0 Å². The van der Waals surface area contributed by atoms with Gasteiger partial charge in [-0.3, -0.25) is 0 Å². The zero-order valence-corrected chi connectivity index (χ0v) is 8.24. The van der Waals surface area contributed by atoms with Crippen molar-refractivity contribution in [1.29, 1.82) is 0 Å². The van der Waals surface area contributed by atoms with Gasteiger partial charge in [-0.05, 0) is 5.41 Å². The molecular weight excluding hydrogens is 309 g/mol. The van der Waals surface area contributed by atoms with Crippen LogP contribution in [-0.2, 0) is 0 Å². The van der Waals surface area contributed by atoms with Crippen molar-refractivity contribution >= 4 is 47.8 Å². The Kier molecular flexibility index (Phi) is 5.47. The summed E-state index contributed by atoms with van der Waals surface area (Å²) >= 11 is 0. The van der Waals surface area contributed by atoms with E-state index in [2.05, 4.69) is 11.5 Å². The van der Waals surface area contributed by atoms with Crippen LogP contribution in [-0.4, -0.2) is 32.0 Å². The van der Waals surface area contributed by atoms with Gasteiger partial charge < -0.3 is 0 Å². The molecule has 1 rings (SSSR count).